The lowest BCUT2D eigenvalue weighted by Gasteiger charge is -2.60. The summed E-state index contributed by atoms with van der Waals surface area (Å²) in [5.74, 6) is -1.50. The molecule has 0 saturated carbocycles. The van der Waals surface area contributed by atoms with Gasteiger partial charge in [-0.15, -0.1) is 0 Å². The van der Waals surface area contributed by atoms with Crippen LogP contribution in [0.1, 0.15) is 36.0 Å². The SMILES string of the molecule is OC(c1ccccc1)(c1ccccc1)C12CC[N+](Cc3cccc(F)c3F)(CC1)CC2. The van der Waals surface area contributed by atoms with Gasteiger partial charge in [0, 0.05) is 30.2 Å². The standard InChI is InChI=1S/C27H28F2NO/c28-24-13-7-8-21(25(24)29)20-30-17-14-26(15-18-30,16-19-30)27(31,22-9-3-1-4-10-22)23-11-5-2-6-12-23/h1-13,31H,14-20H2/q+1. The molecule has 3 fully saturated rings. The molecule has 3 aromatic carbocycles. The van der Waals surface area contributed by atoms with Gasteiger partial charge in [-0.05, 0) is 17.2 Å². The zero-order valence-corrected chi connectivity index (χ0v) is 17.6. The van der Waals surface area contributed by atoms with E-state index in [2.05, 4.69) is 0 Å². The first-order valence-electron chi connectivity index (χ1n) is 11.1. The van der Waals surface area contributed by atoms with E-state index in [4.69, 9.17) is 0 Å². The molecule has 0 radical (unpaired) electrons. The van der Waals surface area contributed by atoms with Crippen LogP contribution in [0.2, 0.25) is 0 Å². The molecule has 31 heavy (non-hydrogen) atoms. The summed E-state index contributed by atoms with van der Waals surface area (Å²) in [6.07, 6.45) is 2.55. The van der Waals surface area contributed by atoms with Crippen LogP contribution in [0.5, 0.6) is 0 Å². The van der Waals surface area contributed by atoms with Gasteiger partial charge in [0.2, 0.25) is 0 Å². The van der Waals surface area contributed by atoms with Gasteiger partial charge in [0.15, 0.2) is 11.6 Å². The quantitative estimate of drug-likeness (QED) is 0.548. The Labute approximate surface area is 182 Å². The number of hydrogen-bond donors (Lipinski definition) is 1. The van der Waals surface area contributed by atoms with Crippen molar-refractivity contribution in [2.75, 3.05) is 19.6 Å². The predicted molar refractivity (Wildman–Crippen MR) is 117 cm³/mol. The third-order valence-electron chi connectivity index (χ3n) is 7.88. The van der Waals surface area contributed by atoms with Gasteiger partial charge >= 0.3 is 0 Å². The van der Waals surface area contributed by atoms with Crippen molar-refractivity contribution >= 4 is 0 Å². The lowest BCUT2D eigenvalue weighted by Crippen LogP contribution is -2.66. The zero-order valence-electron chi connectivity index (χ0n) is 17.6. The van der Waals surface area contributed by atoms with Crippen molar-refractivity contribution in [3.8, 4) is 0 Å². The largest absolute Gasteiger partial charge is 0.380 e. The number of quaternary nitrogens is 1. The summed E-state index contributed by atoms with van der Waals surface area (Å²) in [5, 5.41) is 12.4. The number of hydrogen-bond acceptors (Lipinski definition) is 1. The average molecular weight is 421 g/mol. The molecule has 0 atom stereocenters. The molecule has 0 unspecified atom stereocenters. The molecule has 1 N–H and O–H groups in total. The van der Waals surface area contributed by atoms with Crippen molar-refractivity contribution in [3.05, 3.63) is 107 Å². The van der Waals surface area contributed by atoms with Gasteiger partial charge in [-0.3, -0.25) is 0 Å². The Morgan fingerprint density at radius 2 is 1.26 bits per heavy atom. The molecule has 0 aromatic heterocycles. The zero-order chi connectivity index (χ0) is 21.5. The normalized spacial score (nSPS) is 25.5. The summed E-state index contributed by atoms with van der Waals surface area (Å²) in [6.45, 7) is 3.09. The molecule has 3 heterocycles. The Bertz CT molecular complexity index is 1000. The van der Waals surface area contributed by atoms with E-state index in [1.165, 1.54) is 6.07 Å². The highest BCUT2D eigenvalue weighted by Crippen LogP contribution is 2.57. The van der Waals surface area contributed by atoms with Gasteiger partial charge in [-0.2, -0.15) is 0 Å². The van der Waals surface area contributed by atoms with E-state index in [-0.39, 0.29) is 5.41 Å². The van der Waals surface area contributed by atoms with E-state index in [1.54, 1.807) is 12.1 Å². The van der Waals surface area contributed by atoms with Gasteiger partial charge < -0.3 is 9.59 Å². The fourth-order valence-corrected chi connectivity index (χ4v) is 6.01. The molecule has 0 amide bonds. The van der Waals surface area contributed by atoms with Gasteiger partial charge in [-0.1, -0.05) is 72.8 Å². The summed E-state index contributed by atoms with van der Waals surface area (Å²) < 4.78 is 28.9. The van der Waals surface area contributed by atoms with E-state index in [0.29, 0.717) is 12.1 Å². The molecule has 2 bridgehead atoms. The van der Waals surface area contributed by atoms with Crippen LogP contribution >= 0.6 is 0 Å². The Morgan fingerprint density at radius 1 is 0.742 bits per heavy atom. The topological polar surface area (TPSA) is 20.2 Å². The van der Waals surface area contributed by atoms with Crippen molar-refractivity contribution < 1.29 is 18.4 Å². The average Bonchev–Trinajstić information content (AvgIpc) is 2.84. The molecule has 3 aliphatic heterocycles. The summed E-state index contributed by atoms with van der Waals surface area (Å²) in [5.41, 5.74) is 0.973. The summed E-state index contributed by atoms with van der Waals surface area (Å²) in [7, 11) is 0. The maximum Gasteiger partial charge on any atom is 0.167 e. The number of piperidine rings is 3. The first-order valence-corrected chi connectivity index (χ1v) is 11.1. The Kier molecular flexibility index (Phi) is 4.95. The van der Waals surface area contributed by atoms with Crippen LogP contribution in [0, 0.1) is 17.0 Å². The third-order valence-corrected chi connectivity index (χ3v) is 7.88. The molecule has 0 aliphatic carbocycles. The van der Waals surface area contributed by atoms with Crippen LogP contribution in [0.25, 0.3) is 0 Å². The highest BCUT2D eigenvalue weighted by molar-refractivity contribution is 5.39. The molecule has 3 aromatic rings. The van der Waals surface area contributed by atoms with Gasteiger partial charge in [0.25, 0.3) is 0 Å². The molecular formula is C27H28F2NO+. The van der Waals surface area contributed by atoms with Crippen LogP contribution < -0.4 is 0 Å². The first-order chi connectivity index (χ1) is 15.0. The Hall–Kier alpha value is -2.56. The summed E-state index contributed by atoms with van der Waals surface area (Å²) in [4.78, 5) is 0. The van der Waals surface area contributed by atoms with Crippen molar-refractivity contribution in [1.29, 1.82) is 0 Å². The molecule has 3 saturated heterocycles. The van der Waals surface area contributed by atoms with Crippen LogP contribution in [0.3, 0.4) is 0 Å². The fraction of sp³-hybridized carbons (Fsp3) is 0.333. The monoisotopic (exact) mass is 420 g/mol. The minimum Gasteiger partial charge on any atom is -0.380 e. The predicted octanol–water partition coefficient (Wildman–Crippen LogP) is 5.40. The molecule has 160 valence electrons. The van der Waals surface area contributed by atoms with Gasteiger partial charge in [0.1, 0.15) is 12.1 Å². The van der Waals surface area contributed by atoms with E-state index in [1.807, 2.05) is 60.7 Å². The number of halogens is 2. The van der Waals surface area contributed by atoms with Gasteiger partial charge in [-0.25, -0.2) is 8.78 Å². The lowest BCUT2D eigenvalue weighted by atomic mass is 9.56. The lowest BCUT2D eigenvalue weighted by molar-refractivity contribution is -0.958. The number of benzene rings is 3. The maximum atomic E-state index is 14.4. The summed E-state index contributed by atoms with van der Waals surface area (Å²) in [6, 6.07) is 24.5. The minimum atomic E-state index is -1.07. The minimum absolute atomic E-state index is 0.268. The van der Waals surface area contributed by atoms with Crippen LogP contribution in [-0.4, -0.2) is 29.2 Å². The van der Waals surface area contributed by atoms with Crippen molar-refractivity contribution in [1.82, 2.24) is 0 Å². The van der Waals surface area contributed by atoms with Crippen LogP contribution in [0.4, 0.5) is 8.78 Å². The second-order valence-electron chi connectivity index (χ2n) is 9.36. The highest BCUT2D eigenvalue weighted by atomic mass is 19.2. The first kappa shape index (κ1) is 20.3. The van der Waals surface area contributed by atoms with E-state index in [9.17, 15) is 13.9 Å². The smallest absolute Gasteiger partial charge is 0.167 e. The molecule has 3 aliphatic rings. The molecule has 4 heteroatoms. The van der Waals surface area contributed by atoms with E-state index in [0.717, 1.165) is 54.5 Å². The van der Waals surface area contributed by atoms with Crippen LogP contribution in [-0.2, 0) is 12.1 Å². The van der Waals surface area contributed by atoms with Crippen molar-refractivity contribution in [2.24, 2.45) is 5.41 Å². The van der Waals surface area contributed by atoms with E-state index >= 15 is 0 Å². The second-order valence-corrected chi connectivity index (χ2v) is 9.36. The number of fused-ring (bicyclic) bond motifs is 3. The number of nitrogens with zero attached hydrogens (tertiary/aromatic N) is 1. The number of rotatable bonds is 5. The fourth-order valence-electron chi connectivity index (χ4n) is 6.01. The molecular weight excluding hydrogens is 392 g/mol. The van der Waals surface area contributed by atoms with Crippen molar-refractivity contribution in [3.63, 3.8) is 0 Å². The Morgan fingerprint density at radius 3 is 1.77 bits per heavy atom. The van der Waals surface area contributed by atoms with Gasteiger partial charge in [0.05, 0.1) is 19.6 Å². The van der Waals surface area contributed by atoms with Crippen LogP contribution in [0.15, 0.2) is 78.9 Å². The Balaban J connectivity index is 1.49. The molecule has 2 nitrogen and oxygen atoms in total. The number of aliphatic hydroxyl groups is 1. The van der Waals surface area contributed by atoms with Crippen molar-refractivity contribution in [2.45, 2.75) is 31.4 Å². The third kappa shape index (κ3) is 3.20. The molecule has 0 spiro atoms. The molecule has 6 rings (SSSR count). The second kappa shape index (κ2) is 7.54. The maximum absolute atomic E-state index is 14.4. The highest BCUT2D eigenvalue weighted by Gasteiger charge is 2.60. The summed E-state index contributed by atoms with van der Waals surface area (Å²) >= 11 is 0. The van der Waals surface area contributed by atoms with E-state index < -0.39 is 17.2 Å².